The number of carbonyl (C=O) groups is 1. The Labute approximate surface area is 87.0 Å². The van der Waals surface area contributed by atoms with Gasteiger partial charge < -0.3 is 0 Å². The zero-order chi connectivity index (χ0) is 10.6. The third-order valence-electron chi connectivity index (χ3n) is 2.62. The van der Waals surface area contributed by atoms with Gasteiger partial charge in [0.25, 0.3) is 0 Å². The van der Waals surface area contributed by atoms with Crippen LogP contribution >= 0.6 is 0 Å². The predicted octanol–water partition coefficient (Wildman–Crippen LogP) is 1.81. The number of hydrogen-bond acceptors (Lipinski definition) is 1. The van der Waals surface area contributed by atoms with Gasteiger partial charge in [0.2, 0.25) is 0 Å². The molecule has 0 aliphatic heterocycles. The van der Waals surface area contributed by atoms with E-state index in [1.54, 1.807) is 0 Å². The maximum absolute atomic E-state index is 11.7. The first kappa shape index (κ1) is 11.2. The maximum atomic E-state index is 11.7. The SMILES string of the molecule is B=CC1=CC(C)C(C(=O)CCC)C=C1. The van der Waals surface area contributed by atoms with Crippen molar-refractivity contribution in [2.24, 2.45) is 11.8 Å². The molecule has 0 fully saturated rings. The van der Waals surface area contributed by atoms with Crippen LogP contribution in [-0.2, 0) is 4.79 Å². The Hall–Kier alpha value is -0.915. The van der Waals surface area contributed by atoms with Gasteiger partial charge in [-0.3, -0.25) is 0 Å². The molecule has 74 valence electrons. The van der Waals surface area contributed by atoms with E-state index >= 15 is 0 Å². The molecule has 0 radical (unpaired) electrons. The Kier molecular flexibility index (Phi) is 4.06. The summed E-state index contributed by atoms with van der Waals surface area (Å²) in [6.45, 7) is 4.13. The molecular weight excluding hydrogens is 171 g/mol. The van der Waals surface area contributed by atoms with Gasteiger partial charge in [0, 0.05) is 0 Å². The first-order chi connectivity index (χ1) is 6.69. The normalized spacial score (nSPS) is 25.6. The first-order valence-corrected chi connectivity index (χ1v) is 5.24. The second-order valence-electron chi connectivity index (χ2n) is 3.83. The van der Waals surface area contributed by atoms with Crippen molar-refractivity contribution in [3.05, 3.63) is 23.8 Å². The van der Waals surface area contributed by atoms with Gasteiger partial charge in [-0.2, -0.15) is 0 Å². The molecule has 2 atom stereocenters. The topological polar surface area (TPSA) is 17.1 Å². The van der Waals surface area contributed by atoms with Crippen LogP contribution in [0.4, 0.5) is 0 Å². The third-order valence-corrected chi connectivity index (χ3v) is 2.62. The van der Waals surface area contributed by atoms with E-state index in [-0.39, 0.29) is 5.92 Å². The van der Waals surface area contributed by atoms with E-state index in [0.717, 1.165) is 12.0 Å². The molecule has 0 saturated heterocycles. The monoisotopic (exact) mass is 188 g/mol. The van der Waals surface area contributed by atoms with E-state index < -0.39 is 0 Å². The van der Waals surface area contributed by atoms with Gasteiger partial charge in [-0.1, -0.05) is 0 Å². The average molecular weight is 188 g/mol. The Balaban J connectivity index is 2.69. The molecule has 0 aromatic heterocycles. The minimum atomic E-state index is 0.0821. The standard InChI is InChI=1S/C12H17BO/c1-3-4-12(14)11-6-5-10(8-13)7-9(11)2/h5-9,11,13H,3-4H2,1-2H3. The Morgan fingerprint density at radius 2 is 2.36 bits per heavy atom. The first-order valence-electron chi connectivity index (χ1n) is 5.24. The van der Waals surface area contributed by atoms with Gasteiger partial charge in [-0.15, -0.1) is 0 Å². The molecule has 2 heteroatoms. The van der Waals surface area contributed by atoms with Crippen LogP contribution in [0.15, 0.2) is 23.8 Å². The summed E-state index contributed by atoms with van der Waals surface area (Å²) in [5.74, 6) is 2.58. The summed E-state index contributed by atoms with van der Waals surface area (Å²) in [5.41, 5.74) is 1.12. The molecule has 0 aromatic rings. The fourth-order valence-corrected chi connectivity index (χ4v) is 1.80. The van der Waals surface area contributed by atoms with Crippen LogP contribution in [0.2, 0.25) is 0 Å². The van der Waals surface area contributed by atoms with Crippen LogP contribution < -0.4 is 0 Å². The van der Waals surface area contributed by atoms with Gasteiger partial charge in [0.05, 0.1) is 0 Å². The van der Waals surface area contributed by atoms with Gasteiger partial charge in [-0.05, 0) is 0 Å². The van der Waals surface area contributed by atoms with Crippen molar-refractivity contribution < 1.29 is 4.79 Å². The second kappa shape index (κ2) is 5.09. The summed E-state index contributed by atoms with van der Waals surface area (Å²) in [6.07, 6.45) is 7.75. The van der Waals surface area contributed by atoms with Gasteiger partial charge in [0.15, 0.2) is 0 Å². The van der Waals surface area contributed by atoms with Crippen molar-refractivity contribution in [2.45, 2.75) is 26.7 Å². The molecule has 0 bridgehead atoms. The number of carbonyl (C=O) groups excluding carboxylic acids is 1. The van der Waals surface area contributed by atoms with Gasteiger partial charge in [0.1, 0.15) is 0 Å². The summed E-state index contributed by atoms with van der Waals surface area (Å²) in [5, 5.41) is 0. The molecule has 0 saturated carbocycles. The van der Waals surface area contributed by atoms with Crippen LogP contribution in [0.25, 0.3) is 0 Å². The zero-order valence-corrected chi connectivity index (χ0v) is 8.99. The second-order valence-corrected chi connectivity index (χ2v) is 3.83. The molecule has 0 aromatic carbocycles. The molecule has 1 rings (SSSR count). The summed E-state index contributed by atoms with van der Waals surface area (Å²) in [6, 6.07) is 0. The van der Waals surface area contributed by atoms with Crippen LogP contribution in [0, 0.1) is 11.8 Å². The Bertz CT molecular complexity index is 289. The van der Waals surface area contributed by atoms with E-state index in [1.165, 1.54) is 0 Å². The van der Waals surface area contributed by atoms with Crippen molar-refractivity contribution in [1.29, 1.82) is 0 Å². The predicted molar refractivity (Wildman–Crippen MR) is 63.0 cm³/mol. The molecule has 0 heterocycles. The van der Waals surface area contributed by atoms with Crippen LogP contribution in [0.3, 0.4) is 0 Å². The van der Waals surface area contributed by atoms with E-state index in [1.807, 2.05) is 25.0 Å². The number of ketones is 1. The summed E-state index contributed by atoms with van der Waals surface area (Å²) >= 11 is 0. The molecule has 1 aliphatic carbocycles. The van der Waals surface area contributed by atoms with Gasteiger partial charge >= 0.3 is 86.4 Å². The van der Waals surface area contributed by atoms with Crippen molar-refractivity contribution in [2.75, 3.05) is 0 Å². The molecule has 0 N–H and O–H groups in total. The van der Waals surface area contributed by atoms with E-state index in [4.69, 9.17) is 0 Å². The van der Waals surface area contributed by atoms with Crippen molar-refractivity contribution >= 4 is 19.2 Å². The summed E-state index contributed by atoms with van der Waals surface area (Å²) in [4.78, 5) is 11.7. The molecular formula is C12H17BO. The van der Waals surface area contributed by atoms with Crippen molar-refractivity contribution in [3.63, 3.8) is 0 Å². The Morgan fingerprint density at radius 1 is 1.64 bits per heavy atom. The number of hydrogen-bond donors (Lipinski definition) is 0. The van der Waals surface area contributed by atoms with Gasteiger partial charge in [-0.25, -0.2) is 0 Å². The average Bonchev–Trinajstić information content (AvgIpc) is 2.17. The molecule has 1 nitrogen and oxygen atoms in total. The molecule has 2 unspecified atom stereocenters. The van der Waals surface area contributed by atoms with Crippen molar-refractivity contribution in [1.82, 2.24) is 0 Å². The minimum absolute atomic E-state index is 0.0821. The number of allylic oxidation sites excluding steroid dienone is 4. The number of Topliss-reactive ketones (excluding diaryl/α,β-unsaturated/α-hetero) is 1. The summed E-state index contributed by atoms with van der Waals surface area (Å²) in [7, 11) is 3.72. The Morgan fingerprint density at radius 3 is 2.86 bits per heavy atom. The summed E-state index contributed by atoms with van der Waals surface area (Å²) < 4.78 is 0. The van der Waals surface area contributed by atoms with E-state index in [2.05, 4.69) is 20.5 Å². The molecule has 0 spiro atoms. The fourth-order valence-electron chi connectivity index (χ4n) is 1.80. The number of rotatable bonds is 4. The third kappa shape index (κ3) is 2.54. The molecule has 1 aliphatic rings. The van der Waals surface area contributed by atoms with Crippen LogP contribution in [0.5, 0.6) is 0 Å². The zero-order valence-electron chi connectivity index (χ0n) is 8.99. The van der Waals surface area contributed by atoms with Crippen LogP contribution in [0.1, 0.15) is 26.7 Å². The molecule has 14 heavy (non-hydrogen) atoms. The van der Waals surface area contributed by atoms with E-state index in [9.17, 15) is 4.79 Å². The van der Waals surface area contributed by atoms with Crippen LogP contribution in [-0.4, -0.2) is 19.2 Å². The van der Waals surface area contributed by atoms with E-state index in [0.29, 0.717) is 18.1 Å². The van der Waals surface area contributed by atoms with Crippen molar-refractivity contribution in [3.8, 4) is 0 Å². The molecule has 0 amide bonds. The quantitative estimate of drug-likeness (QED) is 0.615. The fraction of sp³-hybridized carbons (Fsp3) is 0.500.